The van der Waals surface area contributed by atoms with Crippen LogP contribution in [-0.2, 0) is 14.3 Å². The molecule has 0 spiro atoms. The molecular weight excluding hydrogens is 394 g/mol. The zero-order valence-electron chi connectivity index (χ0n) is 17.4. The highest BCUT2D eigenvalue weighted by Crippen LogP contribution is 2.29. The first-order chi connectivity index (χ1) is 15.1. The summed E-state index contributed by atoms with van der Waals surface area (Å²) < 4.78 is 16.2. The number of carbonyl (C=O) groups excluding carboxylic acids is 2. The first kappa shape index (κ1) is 21.9. The molecular formula is C25H25NO5. The number of hydrogen-bond acceptors (Lipinski definition) is 5. The number of hydrogen-bond donors (Lipinski definition) is 1. The molecule has 31 heavy (non-hydrogen) atoms. The van der Waals surface area contributed by atoms with E-state index < -0.39 is 11.9 Å². The number of nitrogens with one attached hydrogen (secondary N) is 1. The second-order valence-electron chi connectivity index (χ2n) is 6.83. The summed E-state index contributed by atoms with van der Waals surface area (Å²) in [4.78, 5) is 23.8. The molecule has 0 aliphatic carbocycles. The van der Waals surface area contributed by atoms with Crippen LogP contribution in [0.2, 0.25) is 0 Å². The van der Waals surface area contributed by atoms with Crippen LogP contribution in [0.15, 0.2) is 78.9 Å². The van der Waals surface area contributed by atoms with Crippen LogP contribution in [0, 0.1) is 6.92 Å². The Morgan fingerprint density at radius 2 is 1.61 bits per heavy atom. The monoisotopic (exact) mass is 419 g/mol. The van der Waals surface area contributed by atoms with Crippen LogP contribution >= 0.6 is 0 Å². The van der Waals surface area contributed by atoms with Crippen molar-refractivity contribution in [3.63, 3.8) is 0 Å². The van der Waals surface area contributed by atoms with Gasteiger partial charge in [-0.1, -0.05) is 60.7 Å². The molecule has 3 rings (SSSR count). The quantitative estimate of drug-likeness (QED) is 0.400. The van der Waals surface area contributed by atoms with Gasteiger partial charge in [-0.25, -0.2) is 4.79 Å². The fourth-order valence-corrected chi connectivity index (χ4v) is 2.89. The van der Waals surface area contributed by atoms with E-state index in [9.17, 15) is 9.59 Å². The smallest absolute Gasteiger partial charge is 0.344 e. The molecule has 1 N–H and O–H groups in total. The van der Waals surface area contributed by atoms with Crippen molar-refractivity contribution in [3.05, 3.63) is 84.4 Å². The number of aryl methyl sites for hydroxylation is 1. The summed E-state index contributed by atoms with van der Waals surface area (Å²) in [6.07, 6.45) is 0. The summed E-state index contributed by atoms with van der Waals surface area (Å²) in [5, 5.41) is 2.65. The minimum Gasteiger partial charge on any atom is -0.492 e. The van der Waals surface area contributed by atoms with Gasteiger partial charge in [0.1, 0.15) is 18.1 Å². The summed E-state index contributed by atoms with van der Waals surface area (Å²) >= 11 is 0. The summed E-state index contributed by atoms with van der Waals surface area (Å²) in [7, 11) is 0. The molecule has 0 radical (unpaired) electrons. The molecule has 3 aromatic carbocycles. The van der Waals surface area contributed by atoms with Gasteiger partial charge in [-0.05, 0) is 36.2 Å². The van der Waals surface area contributed by atoms with E-state index in [0.29, 0.717) is 18.9 Å². The highest BCUT2D eigenvalue weighted by atomic mass is 16.6. The predicted molar refractivity (Wildman–Crippen MR) is 118 cm³/mol. The molecule has 0 aliphatic heterocycles. The van der Waals surface area contributed by atoms with E-state index in [1.165, 1.54) is 0 Å². The normalized spacial score (nSPS) is 10.2. The van der Waals surface area contributed by atoms with Gasteiger partial charge in [0, 0.05) is 5.56 Å². The van der Waals surface area contributed by atoms with Gasteiger partial charge >= 0.3 is 5.97 Å². The van der Waals surface area contributed by atoms with Crippen molar-refractivity contribution in [2.75, 3.05) is 26.4 Å². The lowest BCUT2D eigenvalue weighted by atomic mass is 10.1. The second kappa shape index (κ2) is 11.4. The topological polar surface area (TPSA) is 73.9 Å². The van der Waals surface area contributed by atoms with E-state index in [4.69, 9.17) is 14.2 Å². The maximum Gasteiger partial charge on any atom is 0.344 e. The standard InChI is InChI=1S/C25H25NO5/c1-19-8-7-11-21(16-19)29-15-14-26-24(27)17-31-25(28)18-30-23-13-6-5-12-22(23)20-9-3-2-4-10-20/h2-13,16H,14-15,17-18H2,1H3,(H,26,27). The Hall–Kier alpha value is -3.80. The third-order valence-electron chi connectivity index (χ3n) is 4.36. The molecule has 0 saturated carbocycles. The molecule has 0 atom stereocenters. The highest BCUT2D eigenvalue weighted by molar-refractivity contribution is 5.81. The minimum absolute atomic E-state index is 0.284. The molecule has 1 amide bonds. The first-order valence-electron chi connectivity index (χ1n) is 10.0. The molecule has 0 aliphatic rings. The maximum atomic E-state index is 12.0. The highest BCUT2D eigenvalue weighted by Gasteiger charge is 2.11. The third-order valence-corrected chi connectivity index (χ3v) is 4.36. The van der Waals surface area contributed by atoms with Crippen LogP contribution in [0.1, 0.15) is 5.56 Å². The summed E-state index contributed by atoms with van der Waals surface area (Å²) in [5.74, 6) is 0.303. The minimum atomic E-state index is -0.617. The summed E-state index contributed by atoms with van der Waals surface area (Å²) in [6, 6.07) is 24.8. The number of amides is 1. The number of rotatable bonds is 10. The number of carbonyl (C=O) groups is 2. The van der Waals surface area contributed by atoms with Gasteiger partial charge in [0.25, 0.3) is 5.91 Å². The van der Waals surface area contributed by atoms with Gasteiger partial charge in [-0.2, -0.15) is 0 Å². The SMILES string of the molecule is Cc1cccc(OCCNC(=O)COC(=O)COc2ccccc2-c2ccccc2)c1. The number of esters is 1. The molecule has 0 fully saturated rings. The largest absolute Gasteiger partial charge is 0.492 e. The van der Waals surface area contributed by atoms with Crippen LogP contribution in [0.25, 0.3) is 11.1 Å². The van der Waals surface area contributed by atoms with Gasteiger partial charge < -0.3 is 19.5 Å². The van der Waals surface area contributed by atoms with Crippen molar-refractivity contribution in [1.82, 2.24) is 5.32 Å². The van der Waals surface area contributed by atoms with Crippen LogP contribution in [0.3, 0.4) is 0 Å². The molecule has 0 aromatic heterocycles. The molecule has 0 heterocycles. The molecule has 0 bridgehead atoms. The predicted octanol–water partition coefficient (Wildman–Crippen LogP) is 3.78. The fraction of sp³-hybridized carbons (Fsp3) is 0.200. The Morgan fingerprint density at radius 1 is 0.839 bits per heavy atom. The lowest BCUT2D eigenvalue weighted by molar-refractivity contribution is -0.150. The Bertz CT molecular complexity index is 1000. The van der Waals surface area contributed by atoms with Crippen molar-refractivity contribution < 1.29 is 23.8 Å². The lowest BCUT2D eigenvalue weighted by Gasteiger charge is -2.12. The molecule has 160 valence electrons. The Kier molecular flexibility index (Phi) is 8.05. The van der Waals surface area contributed by atoms with Crippen molar-refractivity contribution in [2.45, 2.75) is 6.92 Å². The summed E-state index contributed by atoms with van der Waals surface area (Å²) in [5.41, 5.74) is 2.96. The van der Waals surface area contributed by atoms with E-state index in [1.807, 2.05) is 79.7 Å². The second-order valence-corrected chi connectivity index (χ2v) is 6.83. The van der Waals surface area contributed by atoms with E-state index >= 15 is 0 Å². The summed E-state index contributed by atoms with van der Waals surface area (Å²) in [6.45, 7) is 1.96. The lowest BCUT2D eigenvalue weighted by Crippen LogP contribution is -2.32. The van der Waals surface area contributed by atoms with Gasteiger partial charge in [-0.3, -0.25) is 4.79 Å². The van der Waals surface area contributed by atoms with Crippen molar-refractivity contribution in [2.24, 2.45) is 0 Å². The van der Waals surface area contributed by atoms with E-state index in [-0.39, 0.29) is 13.2 Å². The van der Waals surface area contributed by atoms with Gasteiger partial charge in [0.15, 0.2) is 13.2 Å². The maximum absolute atomic E-state index is 12.0. The van der Waals surface area contributed by atoms with Crippen LogP contribution in [0.5, 0.6) is 11.5 Å². The Balaban J connectivity index is 1.36. The van der Waals surface area contributed by atoms with E-state index in [1.54, 1.807) is 6.07 Å². The van der Waals surface area contributed by atoms with Gasteiger partial charge in [0.2, 0.25) is 0 Å². The van der Waals surface area contributed by atoms with Crippen molar-refractivity contribution >= 4 is 11.9 Å². The first-order valence-corrected chi connectivity index (χ1v) is 10.0. The van der Waals surface area contributed by atoms with Crippen LogP contribution in [0.4, 0.5) is 0 Å². The Labute approximate surface area is 181 Å². The van der Waals surface area contributed by atoms with Crippen molar-refractivity contribution in [1.29, 1.82) is 0 Å². The van der Waals surface area contributed by atoms with Gasteiger partial charge in [-0.15, -0.1) is 0 Å². The number of para-hydroxylation sites is 1. The van der Waals surface area contributed by atoms with E-state index in [0.717, 1.165) is 22.4 Å². The van der Waals surface area contributed by atoms with Crippen LogP contribution < -0.4 is 14.8 Å². The van der Waals surface area contributed by atoms with Gasteiger partial charge in [0.05, 0.1) is 6.54 Å². The average molecular weight is 419 g/mol. The molecule has 3 aromatic rings. The fourth-order valence-electron chi connectivity index (χ4n) is 2.89. The van der Waals surface area contributed by atoms with E-state index in [2.05, 4.69) is 5.32 Å². The number of benzene rings is 3. The zero-order valence-corrected chi connectivity index (χ0v) is 17.4. The molecule has 6 nitrogen and oxygen atoms in total. The number of ether oxygens (including phenoxy) is 3. The average Bonchev–Trinajstić information content (AvgIpc) is 2.80. The third kappa shape index (κ3) is 7.19. The van der Waals surface area contributed by atoms with Crippen molar-refractivity contribution in [3.8, 4) is 22.6 Å². The molecule has 6 heteroatoms. The molecule has 0 saturated heterocycles. The zero-order chi connectivity index (χ0) is 21.9. The van der Waals surface area contributed by atoms with Crippen LogP contribution in [-0.4, -0.2) is 38.2 Å². The Morgan fingerprint density at radius 3 is 2.42 bits per heavy atom. The molecule has 0 unspecified atom stereocenters.